The highest BCUT2D eigenvalue weighted by molar-refractivity contribution is 6.22. The van der Waals surface area contributed by atoms with Crippen molar-refractivity contribution in [3.63, 3.8) is 0 Å². The molecule has 1 atom stereocenters. The molecule has 0 aliphatic rings. The van der Waals surface area contributed by atoms with Gasteiger partial charge in [0.15, 0.2) is 5.82 Å². The van der Waals surface area contributed by atoms with Crippen molar-refractivity contribution >= 4 is 11.6 Å². The van der Waals surface area contributed by atoms with Gasteiger partial charge >= 0.3 is 0 Å². The van der Waals surface area contributed by atoms with Crippen molar-refractivity contribution in [2.75, 3.05) is 0 Å². The Balaban J connectivity index is 1.77. The number of nitrogens with zero attached hydrogens (tertiary/aromatic N) is 3. The lowest BCUT2D eigenvalue weighted by Crippen LogP contribution is -1.95. The first-order valence-electron chi connectivity index (χ1n) is 6.23. The molecule has 0 N–H and O–H groups in total. The van der Waals surface area contributed by atoms with Crippen LogP contribution in [0.2, 0.25) is 0 Å². The first-order chi connectivity index (χ1) is 9.83. The Hall–Kier alpha value is -2.20. The zero-order chi connectivity index (χ0) is 13.8. The number of rotatable bonds is 4. The van der Waals surface area contributed by atoms with E-state index >= 15 is 0 Å². The molecule has 20 heavy (non-hydrogen) atoms. The van der Waals surface area contributed by atoms with Gasteiger partial charge in [-0.25, -0.2) is 0 Å². The molecule has 0 bridgehead atoms. The fourth-order valence-electron chi connectivity index (χ4n) is 1.89. The van der Waals surface area contributed by atoms with E-state index in [4.69, 9.17) is 16.1 Å². The van der Waals surface area contributed by atoms with Gasteiger partial charge in [-0.3, -0.25) is 4.98 Å². The van der Waals surface area contributed by atoms with Gasteiger partial charge in [-0.15, -0.1) is 11.6 Å². The third-order valence-corrected chi connectivity index (χ3v) is 3.34. The molecular formula is C15H12ClN3O. The quantitative estimate of drug-likeness (QED) is 0.690. The molecule has 0 saturated carbocycles. The summed E-state index contributed by atoms with van der Waals surface area (Å²) in [6, 6.07) is 13.5. The lowest BCUT2D eigenvalue weighted by atomic mass is 10.1. The van der Waals surface area contributed by atoms with Crippen LogP contribution in [0.3, 0.4) is 0 Å². The summed E-state index contributed by atoms with van der Waals surface area (Å²) in [7, 11) is 0. The molecular weight excluding hydrogens is 274 g/mol. The minimum Gasteiger partial charge on any atom is -0.337 e. The summed E-state index contributed by atoms with van der Waals surface area (Å²) in [5.41, 5.74) is 2.02. The Kier molecular flexibility index (Phi) is 3.74. The van der Waals surface area contributed by atoms with Gasteiger partial charge in [-0.05, 0) is 23.3 Å². The Bertz CT molecular complexity index is 670. The SMILES string of the molecule is ClC(c1ccccc1)c1nc(Cc2ccncc2)no1. The highest BCUT2D eigenvalue weighted by Crippen LogP contribution is 2.27. The molecule has 4 nitrogen and oxygen atoms in total. The molecule has 0 amide bonds. The van der Waals surface area contributed by atoms with Crippen LogP contribution in [-0.2, 0) is 6.42 Å². The van der Waals surface area contributed by atoms with Crippen LogP contribution < -0.4 is 0 Å². The summed E-state index contributed by atoms with van der Waals surface area (Å²) in [5, 5.41) is 3.55. The number of alkyl halides is 1. The number of hydrogen-bond donors (Lipinski definition) is 0. The second-order valence-corrected chi connectivity index (χ2v) is 4.79. The van der Waals surface area contributed by atoms with E-state index in [1.165, 1.54) is 0 Å². The van der Waals surface area contributed by atoms with E-state index in [0.29, 0.717) is 18.1 Å². The maximum absolute atomic E-state index is 6.34. The molecule has 0 saturated heterocycles. The van der Waals surface area contributed by atoms with Crippen molar-refractivity contribution in [1.82, 2.24) is 15.1 Å². The van der Waals surface area contributed by atoms with Gasteiger partial charge in [0.05, 0.1) is 0 Å². The zero-order valence-corrected chi connectivity index (χ0v) is 11.4. The number of aromatic nitrogens is 3. The largest absolute Gasteiger partial charge is 0.337 e. The van der Waals surface area contributed by atoms with Gasteiger partial charge in [-0.1, -0.05) is 35.5 Å². The number of halogens is 1. The maximum Gasteiger partial charge on any atom is 0.249 e. The smallest absolute Gasteiger partial charge is 0.249 e. The van der Waals surface area contributed by atoms with Gasteiger partial charge < -0.3 is 4.52 Å². The average molecular weight is 286 g/mol. The predicted molar refractivity (Wildman–Crippen MR) is 75.5 cm³/mol. The third kappa shape index (κ3) is 2.86. The van der Waals surface area contributed by atoms with Crippen molar-refractivity contribution in [3.05, 3.63) is 77.7 Å². The highest BCUT2D eigenvalue weighted by atomic mass is 35.5. The molecule has 1 unspecified atom stereocenters. The minimum atomic E-state index is -0.421. The molecule has 3 rings (SSSR count). The number of pyridine rings is 1. The van der Waals surface area contributed by atoms with Crippen LogP contribution in [-0.4, -0.2) is 15.1 Å². The third-order valence-electron chi connectivity index (χ3n) is 2.90. The van der Waals surface area contributed by atoms with Gasteiger partial charge in [0.1, 0.15) is 5.38 Å². The van der Waals surface area contributed by atoms with Crippen molar-refractivity contribution in [2.45, 2.75) is 11.8 Å². The average Bonchev–Trinajstić information content (AvgIpc) is 2.97. The van der Waals surface area contributed by atoms with Crippen molar-refractivity contribution in [2.24, 2.45) is 0 Å². The molecule has 5 heteroatoms. The topological polar surface area (TPSA) is 51.8 Å². The zero-order valence-electron chi connectivity index (χ0n) is 10.6. The molecule has 3 aromatic rings. The monoisotopic (exact) mass is 285 g/mol. The Morgan fingerprint density at radius 1 is 1.05 bits per heavy atom. The second kappa shape index (κ2) is 5.84. The number of benzene rings is 1. The predicted octanol–water partition coefficient (Wildman–Crippen LogP) is 3.38. The van der Waals surface area contributed by atoms with Crippen LogP contribution in [0.25, 0.3) is 0 Å². The molecule has 0 aliphatic heterocycles. The number of hydrogen-bond acceptors (Lipinski definition) is 4. The minimum absolute atomic E-state index is 0.418. The Morgan fingerprint density at radius 2 is 1.80 bits per heavy atom. The summed E-state index contributed by atoms with van der Waals surface area (Å²) in [6.45, 7) is 0. The van der Waals surface area contributed by atoms with Crippen molar-refractivity contribution in [3.8, 4) is 0 Å². The van der Waals surface area contributed by atoms with Crippen LogP contribution in [0.5, 0.6) is 0 Å². The Labute approximate surface area is 121 Å². The second-order valence-electron chi connectivity index (χ2n) is 4.35. The fraction of sp³-hybridized carbons (Fsp3) is 0.133. The van der Waals surface area contributed by atoms with E-state index in [1.54, 1.807) is 12.4 Å². The van der Waals surface area contributed by atoms with Gasteiger partial charge in [-0.2, -0.15) is 4.98 Å². The summed E-state index contributed by atoms with van der Waals surface area (Å²) in [5.74, 6) is 1.04. The van der Waals surface area contributed by atoms with Crippen LogP contribution >= 0.6 is 11.6 Å². The first kappa shape index (κ1) is 12.8. The van der Waals surface area contributed by atoms with Crippen LogP contribution in [0.1, 0.15) is 28.2 Å². The van der Waals surface area contributed by atoms with Gasteiger partial charge in [0.25, 0.3) is 0 Å². The van der Waals surface area contributed by atoms with Crippen molar-refractivity contribution in [1.29, 1.82) is 0 Å². The molecule has 2 aromatic heterocycles. The molecule has 0 radical (unpaired) electrons. The van der Waals surface area contributed by atoms with E-state index in [1.807, 2.05) is 42.5 Å². The summed E-state index contributed by atoms with van der Waals surface area (Å²) in [4.78, 5) is 8.33. The normalized spacial score (nSPS) is 12.2. The molecule has 1 aromatic carbocycles. The van der Waals surface area contributed by atoms with E-state index in [2.05, 4.69) is 15.1 Å². The van der Waals surface area contributed by atoms with Crippen LogP contribution in [0, 0.1) is 0 Å². The van der Waals surface area contributed by atoms with E-state index < -0.39 is 5.38 Å². The standard InChI is InChI=1S/C15H12ClN3O/c16-14(12-4-2-1-3-5-12)15-18-13(19-20-15)10-11-6-8-17-9-7-11/h1-9,14H,10H2. The maximum atomic E-state index is 6.34. The molecule has 0 aliphatic carbocycles. The van der Waals surface area contributed by atoms with Crippen LogP contribution in [0.4, 0.5) is 0 Å². The Morgan fingerprint density at radius 3 is 2.55 bits per heavy atom. The van der Waals surface area contributed by atoms with E-state index in [0.717, 1.165) is 11.1 Å². The van der Waals surface area contributed by atoms with Crippen LogP contribution in [0.15, 0.2) is 59.4 Å². The summed E-state index contributed by atoms with van der Waals surface area (Å²) < 4.78 is 5.24. The van der Waals surface area contributed by atoms with Crippen molar-refractivity contribution < 1.29 is 4.52 Å². The molecule has 0 spiro atoms. The lowest BCUT2D eigenvalue weighted by molar-refractivity contribution is 0.377. The lowest BCUT2D eigenvalue weighted by Gasteiger charge is -2.03. The first-order valence-corrected chi connectivity index (χ1v) is 6.67. The fourth-order valence-corrected chi connectivity index (χ4v) is 2.12. The van der Waals surface area contributed by atoms with E-state index in [-0.39, 0.29) is 0 Å². The van der Waals surface area contributed by atoms with Gasteiger partial charge in [0, 0.05) is 18.8 Å². The summed E-state index contributed by atoms with van der Waals surface area (Å²) in [6.07, 6.45) is 4.08. The highest BCUT2D eigenvalue weighted by Gasteiger charge is 2.18. The summed E-state index contributed by atoms with van der Waals surface area (Å²) >= 11 is 6.34. The molecule has 100 valence electrons. The molecule has 0 fully saturated rings. The van der Waals surface area contributed by atoms with E-state index in [9.17, 15) is 0 Å². The van der Waals surface area contributed by atoms with Gasteiger partial charge in [0.2, 0.25) is 5.89 Å². The molecule has 2 heterocycles.